The van der Waals surface area contributed by atoms with Crippen LogP contribution in [0.5, 0.6) is 0 Å². The number of esters is 2. The van der Waals surface area contributed by atoms with Gasteiger partial charge in [-0.15, -0.1) is 0 Å². The van der Waals surface area contributed by atoms with Crippen molar-refractivity contribution in [1.82, 2.24) is 5.32 Å². The van der Waals surface area contributed by atoms with Crippen molar-refractivity contribution in [2.45, 2.75) is 126 Å². The SMILES string of the molecule is CC(=O)NCC(=O)O[C@H]1CC[C@@]2(C)C(CC[C@]3(C)[C@@H]2C(=O)C=C2[C@@H]4C[C@@](C)(C(=O)O)CC[C@]4(C)CC[C@]23C)[C@]1(C)C(=O)OCc1oc(=O)oc1C. The van der Waals surface area contributed by atoms with Gasteiger partial charge in [-0.2, -0.15) is 0 Å². The highest BCUT2D eigenvalue weighted by atomic mass is 16.6. The molecule has 2 N–H and O–H groups in total. The van der Waals surface area contributed by atoms with E-state index in [4.69, 9.17) is 18.3 Å². The molecule has 0 saturated heterocycles. The Labute approximate surface area is 298 Å². The average molecular weight is 712 g/mol. The number of allylic oxidation sites excluding steroid dienone is 2. The first-order valence-electron chi connectivity index (χ1n) is 18.3. The highest BCUT2D eigenvalue weighted by Gasteiger charge is 2.72. The lowest BCUT2D eigenvalue weighted by Crippen LogP contribution is -2.68. The maximum Gasteiger partial charge on any atom is 0.519 e. The fourth-order valence-electron chi connectivity index (χ4n) is 11.7. The number of carbonyl (C=O) groups excluding carboxylic acids is 4. The molecule has 1 aromatic heterocycles. The lowest BCUT2D eigenvalue weighted by Gasteiger charge is -2.70. The van der Waals surface area contributed by atoms with E-state index in [2.05, 4.69) is 33.0 Å². The van der Waals surface area contributed by atoms with Gasteiger partial charge in [-0.1, -0.05) is 33.3 Å². The van der Waals surface area contributed by atoms with Crippen molar-refractivity contribution >= 4 is 29.6 Å². The van der Waals surface area contributed by atoms with Crippen LogP contribution in [0.15, 0.2) is 25.3 Å². The molecule has 0 aromatic carbocycles. The third-order valence-electron chi connectivity index (χ3n) is 15.1. The van der Waals surface area contributed by atoms with Crippen LogP contribution in [0.1, 0.15) is 118 Å². The molecule has 1 aromatic rings. The summed E-state index contributed by atoms with van der Waals surface area (Å²) in [5.74, 6) is -4.05. The van der Waals surface area contributed by atoms with E-state index in [1.54, 1.807) is 6.92 Å². The quantitative estimate of drug-likeness (QED) is 0.333. The molecule has 1 amide bonds. The summed E-state index contributed by atoms with van der Waals surface area (Å²) < 4.78 is 21.8. The number of ketones is 1. The number of amides is 1. The van der Waals surface area contributed by atoms with Crippen molar-refractivity contribution in [3.8, 4) is 0 Å². The minimum Gasteiger partial charge on any atom is -0.481 e. The molecule has 10 atom stereocenters. The third kappa shape index (κ3) is 5.52. The predicted octanol–water partition coefficient (Wildman–Crippen LogP) is 5.68. The molecular formula is C39H53NO11. The highest BCUT2D eigenvalue weighted by molar-refractivity contribution is 5.96. The topological polar surface area (TPSA) is 179 Å². The van der Waals surface area contributed by atoms with Gasteiger partial charge in [0.05, 0.1) is 5.41 Å². The van der Waals surface area contributed by atoms with E-state index in [0.29, 0.717) is 32.1 Å². The van der Waals surface area contributed by atoms with E-state index >= 15 is 0 Å². The molecule has 5 aliphatic carbocycles. The van der Waals surface area contributed by atoms with Gasteiger partial charge in [0.15, 0.2) is 23.9 Å². The van der Waals surface area contributed by atoms with E-state index in [9.17, 15) is 33.9 Å². The molecule has 0 bridgehead atoms. The first-order valence-corrected chi connectivity index (χ1v) is 18.3. The number of hydrogen-bond acceptors (Lipinski definition) is 10. The molecule has 12 heteroatoms. The molecule has 4 saturated carbocycles. The smallest absolute Gasteiger partial charge is 0.481 e. The number of fused-ring (bicyclic) bond motifs is 7. The molecule has 4 fully saturated rings. The summed E-state index contributed by atoms with van der Waals surface area (Å²) in [6.07, 6.45) is 6.67. The van der Waals surface area contributed by atoms with Crippen LogP contribution in [0.2, 0.25) is 0 Å². The molecule has 1 heterocycles. The van der Waals surface area contributed by atoms with Gasteiger partial charge in [-0.25, -0.2) is 4.79 Å². The number of aryl methyl sites for hydroxylation is 1. The Morgan fingerprint density at radius 1 is 0.941 bits per heavy atom. The standard InChI is InChI=1S/C39H53NO11/c1-21-26(50-33(47)49-21)20-48-32(46)39(8)27-9-12-38(7)30(36(27,5)11-10-28(39)51-29(43)19-40-22(2)41)25(42)17-23-24-18-35(4,31(44)45)14-13-34(24,3)15-16-37(23,38)6/h17,24,27-28,30H,9-16,18-20H2,1-8H3,(H,40,41)(H,44,45)/t24-,27?,28-,30+,34+,35-,36-,37+,38+,39-/m0/s1. The van der Waals surface area contributed by atoms with Crippen molar-refractivity contribution in [3.63, 3.8) is 0 Å². The fraction of sp³-hybridized carbons (Fsp3) is 0.744. The summed E-state index contributed by atoms with van der Waals surface area (Å²) in [6.45, 7) is 14.5. The van der Waals surface area contributed by atoms with Crippen LogP contribution in [0.25, 0.3) is 0 Å². The Bertz CT molecular complexity index is 1760. The molecular weight excluding hydrogens is 658 g/mol. The Morgan fingerprint density at radius 2 is 1.63 bits per heavy atom. The van der Waals surface area contributed by atoms with Crippen LogP contribution in [0.4, 0.5) is 0 Å². The Balaban J connectivity index is 1.38. The zero-order valence-electron chi connectivity index (χ0n) is 31.2. The second-order valence-corrected chi connectivity index (χ2v) is 17.8. The van der Waals surface area contributed by atoms with Gasteiger partial charge in [0.1, 0.15) is 18.1 Å². The summed E-state index contributed by atoms with van der Waals surface area (Å²) in [5.41, 5.74) is -2.77. The van der Waals surface area contributed by atoms with Crippen LogP contribution in [-0.4, -0.2) is 47.4 Å². The van der Waals surface area contributed by atoms with Gasteiger partial charge in [0.25, 0.3) is 0 Å². The van der Waals surface area contributed by atoms with Gasteiger partial charge in [0.2, 0.25) is 5.91 Å². The van der Waals surface area contributed by atoms with Crippen LogP contribution >= 0.6 is 0 Å². The number of carbonyl (C=O) groups is 5. The second kappa shape index (κ2) is 12.2. The zero-order valence-corrected chi connectivity index (χ0v) is 31.2. The predicted molar refractivity (Wildman–Crippen MR) is 182 cm³/mol. The molecule has 280 valence electrons. The van der Waals surface area contributed by atoms with Crippen molar-refractivity contribution in [2.75, 3.05) is 6.54 Å². The van der Waals surface area contributed by atoms with Gasteiger partial charge < -0.3 is 28.7 Å². The summed E-state index contributed by atoms with van der Waals surface area (Å²) in [7, 11) is 0. The normalized spacial score (nSPS) is 41.5. The number of hydrogen-bond donors (Lipinski definition) is 2. The molecule has 5 aliphatic rings. The number of aliphatic carboxylic acids is 1. The first-order chi connectivity index (χ1) is 23.6. The Hall–Kier alpha value is -3.70. The molecule has 0 radical (unpaired) electrons. The lowest BCUT2D eigenvalue weighted by molar-refractivity contribution is -0.224. The third-order valence-corrected chi connectivity index (χ3v) is 15.1. The maximum atomic E-state index is 14.8. The molecule has 1 unspecified atom stereocenters. The van der Waals surface area contributed by atoms with Gasteiger partial charge >= 0.3 is 23.7 Å². The Kier molecular flexibility index (Phi) is 8.86. The molecule has 0 spiro atoms. The number of carboxylic acid groups (broad SMARTS) is 1. The molecule has 12 nitrogen and oxygen atoms in total. The summed E-state index contributed by atoms with van der Waals surface area (Å²) in [5, 5.41) is 12.7. The number of ether oxygens (including phenoxy) is 2. The van der Waals surface area contributed by atoms with Crippen LogP contribution in [0.3, 0.4) is 0 Å². The van der Waals surface area contributed by atoms with Crippen molar-refractivity contribution in [1.29, 1.82) is 0 Å². The van der Waals surface area contributed by atoms with Gasteiger partial charge in [-0.3, -0.25) is 24.0 Å². The van der Waals surface area contributed by atoms with Crippen LogP contribution in [0, 0.1) is 57.2 Å². The Morgan fingerprint density at radius 3 is 2.25 bits per heavy atom. The van der Waals surface area contributed by atoms with Crippen LogP contribution < -0.4 is 11.1 Å². The van der Waals surface area contributed by atoms with Gasteiger partial charge in [-0.05, 0) is 118 Å². The molecule has 6 rings (SSSR count). The van der Waals surface area contributed by atoms with E-state index in [1.165, 1.54) is 13.8 Å². The summed E-state index contributed by atoms with van der Waals surface area (Å²) in [4.78, 5) is 77.9. The van der Waals surface area contributed by atoms with Crippen molar-refractivity contribution < 1.29 is 47.4 Å². The number of nitrogens with one attached hydrogen (secondary N) is 1. The van der Waals surface area contributed by atoms with Crippen molar-refractivity contribution in [3.05, 3.63) is 33.8 Å². The van der Waals surface area contributed by atoms with Crippen LogP contribution in [-0.2, 0) is 40.1 Å². The molecule has 51 heavy (non-hydrogen) atoms. The minimum absolute atomic E-state index is 0.0108. The maximum absolute atomic E-state index is 14.8. The largest absolute Gasteiger partial charge is 0.519 e. The number of rotatable bonds is 7. The monoisotopic (exact) mass is 711 g/mol. The second-order valence-electron chi connectivity index (χ2n) is 17.8. The summed E-state index contributed by atoms with van der Waals surface area (Å²) >= 11 is 0. The van der Waals surface area contributed by atoms with Crippen molar-refractivity contribution in [2.24, 2.45) is 50.2 Å². The molecule has 0 aliphatic heterocycles. The van der Waals surface area contributed by atoms with E-state index in [-0.39, 0.29) is 53.6 Å². The summed E-state index contributed by atoms with van der Waals surface area (Å²) in [6, 6.07) is 0. The van der Waals surface area contributed by atoms with E-state index in [1.807, 2.05) is 13.0 Å². The van der Waals surface area contributed by atoms with Gasteiger partial charge in [0, 0.05) is 12.8 Å². The highest BCUT2D eigenvalue weighted by Crippen LogP contribution is 2.75. The lowest BCUT2D eigenvalue weighted by atomic mass is 9.33. The van der Waals surface area contributed by atoms with E-state index in [0.717, 1.165) is 24.8 Å². The first kappa shape index (κ1) is 37.1. The van der Waals surface area contributed by atoms with E-state index < -0.39 is 69.2 Å². The number of carboxylic acids is 1. The zero-order chi connectivity index (χ0) is 37.5. The fourth-order valence-corrected chi connectivity index (χ4v) is 11.7. The average Bonchev–Trinajstić information content (AvgIpc) is 3.38. The minimum atomic E-state index is -1.39.